The first kappa shape index (κ1) is 21.9. The molecular formula is C25H28FN3O3. The zero-order chi connectivity index (χ0) is 22.5. The van der Waals surface area contributed by atoms with Crippen LogP contribution in [-0.4, -0.2) is 29.3 Å². The second-order valence-corrected chi connectivity index (χ2v) is 8.00. The van der Waals surface area contributed by atoms with E-state index in [-0.39, 0.29) is 11.7 Å². The lowest BCUT2D eigenvalue weighted by molar-refractivity contribution is -0.121. The molecule has 0 saturated heterocycles. The summed E-state index contributed by atoms with van der Waals surface area (Å²) in [5, 5.41) is 7.79. The van der Waals surface area contributed by atoms with Crippen molar-refractivity contribution in [2.45, 2.75) is 39.0 Å². The molecule has 0 atom stereocenters. The average molecular weight is 438 g/mol. The lowest BCUT2D eigenvalue weighted by atomic mass is 10.1. The Morgan fingerprint density at radius 3 is 2.44 bits per heavy atom. The van der Waals surface area contributed by atoms with Crippen molar-refractivity contribution in [1.82, 2.24) is 15.1 Å². The zero-order valence-electron chi connectivity index (χ0n) is 18.4. The fourth-order valence-corrected chi connectivity index (χ4v) is 3.54. The van der Waals surface area contributed by atoms with Crippen molar-refractivity contribution in [3.63, 3.8) is 0 Å². The van der Waals surface area contributed by atoms with E-state index >= 15 is 0 Å². The third-order valence-electron chi connectivity index (χ3n) is 5.59. The summed E-state index contributed by atoms with van der Waals surface area (Å²) in [6, 6.07) is 13.4. The van der Waals surface area contributed by atoms with Crippen LogP contribution in [0.2, 0.25) is 0 Å². The van der Waals surface area contributed by atoms with E-state index in [4.69, 9.17) is 14.6 Å². The van der Waals surface area contributed by atoms with Crippen LogP contribution in [0.1, 0.15) is 37.4 Å². The number of carbonyl (C=O) groups is 1. The van der Waals surface area contributed by atoms with Gasteiger partial charge in [0.15, 0.2) is 0 Å². The first-order chi connectivity index (χ1) is 15.6. The maximum Gasteiger partial charge on any atom is 0.226 e. The number of ether oxygens (including phenoxy) is 2. The number of hydrogen-bond donors (Lipinski definition) is 1. The number of methoxy groups -OCH3 is 1. The Morgan fingerprint density at radius 1 is 1.12 bits per heavy atom. The van der Waals surface area contributed by atoms with Crippen LogP contribution in [0, 0.1) is 11.7 Å². The second kappa shape index (κ2) is 9.85. The molecule has 0 unspecified atom stereocenters. The Morgan fingerprint density at radius 2 is 1.81 bits per heavy atom. The molecule has 1 saturated carbocycles. The maximum absolute atomic E-state index is 13.4. The molecule has 1 N–H and O–H groups in total. The fraction of sp³-hybridized carbons (Fsp3) is 0.360. The van der Waals surface area contributed by atoms with Gasteiger partial charge in [-0.25, -0.2) is 9.07 Å². The quantitative estimate of drug-likeness (QED) is 0.493. The molecule has 3 aromatic rings. The molecule has 1 aliphatic carbocycles. The Balaban J connectivity index is 1.64. The highest BCUT2D eigenvalue weighted by Crippen LogP contribution is 2.33. The van der Waals surface area contributed by atoms with Gasteiger partial charge in [-0.1, -0.05) is 6.92 Å². The molecule has 1 aliphatic rings. The van der Waals surface area contributed by atoms with Gasteiger partial charge in [0.1, 0.15) is 17.3 Å². The van der Waals surface area contributed by atoms with E-state index in [9.17, 15) is 9.18 Å². The molecule has 4 rings (SSSR count). The van der Waals surface area contributed by atoms with E-state index in [2.05, 4.69) is 5.32 Å². The van der Waals surface area contributed by atoms with Crippen LogP contribution >= 0.6 is 0 Å². The number of amides is 1. The normalized spacial score (nSPS) is 13.1. The van der Waals surface area contributed by atoms with Crippen molar-refractivity contribution in [1.29, 1.82) is 0 Å². The molecule has 7 heteroatoms. The SMILES string of the molecule is CCc1nn(-c2ccc(OC)cc2)c(Oc2ccc(F)cc2)c1CCC(=O)NCC1CC1. The van der Waals surface area contributed by atoms with Crippen molar-refractivity contribution in [3.8, 4) is 23.1 Å². The minimum atomic E-state index is -0.331. The zero-order valence-corrected chi connectivity index (χ0v) is 18.4. The van der Waals surface area contributed by atoms with Crippen LogP contribution in [-0.2, 0) is 17.6 Å². The first-order valence-electron chi connectivity index (χ1n) is 11.0. The number of benzene rings is 2. The Labute approximate surface area is 187 Å². The predicted octanol–water partition coefficient (Wildman–Crippen LogP) is 4.83. The van der Waals surface area contributed by atoms with Gasteiger partial charge in [0.25, 0.3) is 0 Å². The van der Waals surface area contributed by atoms with E-state index in [1.165, 1.54) is 25.0 Å². The smallest absolute Gasteiger partial charge is 0.226 e. The Hall–Kier alpha value is -3.35. The number of rotatable bonds is 10. The lowest BCUT2D eigenvalue weighted by Gasteiger charge is -2.12. The molecule has 0 radical (unpaired) electrons. The van der Waals surface area contributed by atoms with Crippen molar-refractivity contribution in [2.24, 2.45) is 5.92 Å². The summed E-state index contributed by atoms with van der Waals surface area (Å²) < 4.78 is 26.6. The van der Waals surface area contributed by atoms with Crippen molar-refractivity contribution in [2.75, 3.05) is 13.7 Å². The van der Waals surface area contributed by atoms with Crippen LogP contribution < -0.4 is 14.8 Å². The highest BCUT2D eigenvalue weighted by Gasteiger charge is 2.23. The summed E-state index contributed by atoms with van der Waals surface area (Å²) >= 11 is 0. The Kier molecular flexibility index (Phi) is 6.73. The average Bonchev–Trinajstić information content (AvgIpc) is 3.59. The van der Waals surface area contributed by atoms with Gasteiger partial charge >= 0.3 is 0 Å². The number of aromatic nitrogens is 2. The summed E-state index contributed by atoms with van der Waals surface area (Å²) in [7, 11) is 1.62. The highest BCUT2D eigenvalue weighted by molar-refractivity contribution is 5.76. The molecule has 32 heavy (non-hydrogen) atoms. The minimum absolute atomic E-state index is 0.0314. The summed E-state index contributed by atoms with van der Waals surface area (Å²) in [6.45, 7) is 2.78. The van der Waals surface area contributed by atoms with Crippen LogP contribution in [0.3, 0.4) is 0 Å². The van der Waals surface area contributed by atoms with Crippen LogP contribution in [0.25, 0.3) is 5.69 Å². The maximum atomic E-state index is 13.4. The molecule has 2 aromatic carbocycles. The highest BCUT2D eigenvalue weighted by atomic mass is 19.1. The third-order valence-corrected chi connectivity index (χ3v) is 5.59. The summed E-state index contributed by atoms with van der Waals surface area (Å²) in [6.07, 6.45) is 3.96. The molecule has 168 valence electrons. The number of aryl methyl sites for hydroxylation is 1. The van der Waals surface area contributed by atoms with Crippen molar-refractivity contribution < 1.29 is 18.7 Å². The lowest BCUT2D eigenvalue weighted by Crippen LogP contribution is -2.25. The van der Waals surface area contributed by atoms with Gasteiger partial charge < -0.3 is 14.8 Å². The van der Waals surface area contributed by atoms with Crippen molar-refractivity contribution >= 4 is 5.91 Å². The van der Waals surface area contributed by atoms with E-state index in [1.807, 2.05) is 31.2 Å². The third kappa shape index (κ3) is 5.28. The van der Waals surface area contributed by atoms with Crippen molar-refractivity contribution in [3.05, 3.63) is 65.6 Å². The van der Waals surface area contributed by atoms with Gasteiger partial charge in [-0.05, 0) is 80.1 Å². The van der Waals surface area contributed by atoms with E-state index < -0.39 is 0 Å². The summed E-state index contributed by atoms with van der Waals surface area (Å²) in [4.78, 5) is 12.4. The first-order valence-corrected chi connectivity index (χ1v) is 11.0. The largest absolute Gasteiger partial charge is 0.497 e. The number of nitrogens with one attached hydrogen (secondary N) is 1. The van der Waals surface area contributed by atoms with Gasteiger partial charge in [-0.3, -0.25) is 4.79 Å². The Bertz CT molecular complexity index is 1060. The van der Waals surface area contributed by atoms with E-state index in [0.717, 1.165) is 29.2 Å². The number of nitrogens with zero attached hydrogens (tertiary/aromatic N) is 2. The van der Waals surface area contributed by atoms with Gasteiger partial charge in [-0.15, -0.1) is 0 Å². The molecular weight excluding hydrogens is 409 g/mol. The van der Waals surface area contributed by atoms with Gasteiger partial charge in [0.05, 0.1) is 18.5 Å². The van der Waals surface area contributed by atoms with Gasteiger partial charge in [-0.2, -0.15) is 5.10 Å². The number of halogens is 1. The van der Waals surface area contributed by atoms with Gasteiger partial charge in [0.2, 0.25) is 11.8 Å². The molecule has 1 aromatic heterocycles. The number of carbonyl (C=O) groups excluding carboxylic acids is 1. The van der Waals surface area contributed by atoms with Gasteiger partial charge in [0, 0.05) is 18.5 Å². The minimum Gasteiger partial charge on any atom is -0.497 e. The molecule has 0 aliphatic heterocycles. The fourth-order valence-electron chi connectivity index (χ4n) is 3.54. The molecule has 1 amide bonds. The summed E-state index contributed by atoms with van der Waals surface area (Å²) in [5.41, 5.74) is 2.56. The molecule has 6 nitrogen and oxygen atoms in total. The monoisotopic (exact) mass is 437 g/mol. The van der Waals surface area contributed by atoms with Crippen LogP contribution in [0.4, 0.5) is 4.39 Å². The number of hydrogen-bond acceptors (Lipinski definition) is 4. The molecule has 1 fully saturated rings. The summed E-state index contributed by atoms with van der Waals surface area (Å²) in [5.74, 6) is 2.12. The topological polar surface area (TPSA) is 65.4 Å². The van der Waals surface area contributed by atoms with Crippen LogP contribution in [0.5, 0.6) is 17.4 Å². The second-order valence-electron chi connectivity index (χ2n) is 8.00. The molecule has 0 spiro atoms. The predicted molar refractivity (Wildman–Crippen MR) is 120 cm³/mol. The standard InChI is InChI=1S/C25H28FN3O3/c1-3-23-22(14-15-24(30)27-16-17-4-5-17)25(32-21-10-6-18(26)7-11-21)29(28-23)19-8-12-20(31-2)13-9-19/h6-13,17H,3-5,14-16H2,1-2H3,(H,27,30). The molecule has 1 heterocycles. The molecule has 0 bridgehead atoms. The van der Waals surface area contributed by atoms with E-state index in [0.29, 0.717) is 36.8 Å². The van der Waals surface area contributed by atoms with Crippen LogP contribution in [0.15, 0.2) is 48.5 Å². The van der Waals surface area contributed by atoms with E-state index in [1.54, 1.807) is 23.9 Å².